The van der Waals surface area contributed by atoms with Crippen molar-refractivity contribution < 1.29 is 17.6 Å². The lowest BCUT2D eigenvalue weighted by molar-refractivity contribution is 0.0742. The molecule has 1 atom stereocenters. The van der Waals surface area contributed by atoms with Gasteiger partial charge in [0.25, 0.3) is 5.91 Å². The molecule has 0 aliphatic carbocycles. The monoisotopic (exact) mass is 392 g/mol. The molecule has 0 bridgehead atoms. The first kappa shape index (κ1) is 21.1. The molecule has 1 unspecified atom stereocenters. The van der Waals surface area contributed by atoms with E-state index in [1.165, 1.54) is 33.5 Å². The second kappa shape index (κ2) is 8.63. The molecule has 2 aromatic rings. The summed E-state index contributed by atoms with van der Waals surface area (Å²) in [6.45, 7) is 6.10. The van der Waals surface area contributed by atoms with Crippen molar-refractivity contribution in [2.24, 2.45) is 0 Å². The van der Waals surface area contributed by atoms with E-state index in [2.05, 4.69) is 0 Å². The number of hydrogen-bond acceptors (Lipinski definition) is 3. The average Bonchev–Trinajstić information content (AvgIpc) is 2.67. The third-order valence-corrected chi connectivity index (χ3v) is 6.72. The minimum atomic E-state index is -3.64. The predicted octanol–water partition coefficient (Wildman–Crippen LogP) is 3.69. The SMILES string of the molecule is CCN(CC)S(=O)(=O)c1cccc(C(=O)N(C)C(C)c2ccc(F)cc2)c1. The third-order valence-electron chi connectivity index (χ3n) is 4.68. The van der Waals surface area contributed by atoms with Crippen LogP contribution in [0.5, 0.6) is 0 Å². The van der Waals surface area contributed by atoms with Gasteiger partial charge in [-0.2, -0.15) is 4.31 Å². The van der Waals surface area contributed by atoms with Gasteiger partial charge in [0.05, 0.1) is 10.9 Å². The van der Waals surface area contributed by atoms with Crippen LogP contribution in [0.25, 0.3) is 0 Å². The van der Waals surface area contributed by atoms with E-state index in [1.54, 1.807) is 45.2 Å². The van der Waals surface area contributed by atoms with Crippen molar-refractivity contribution in [2.75, 3.05) is 20.1 Å². The van der Waals surface area contributed by atoms with E-state index >= 15 is 0 Å². The maximum absolute atomic E-state index is 13.1. The maximum Gasteiger partial charge on any atom is 0.254 e. The molecular weight excluding hydrogens is 367 g/mol. The molecule has 0 N–H and O–H groups in total. The minimum Gasteiger partial charge on any atom is -0.335 e. The van der Waals surface area contributed by atoms with Gasteiger partial charge in [-0.25, -0.2) is 12.8 Å². The third kappa shape index (κ3) is 4.54. The van der Waals surface area contributed by atoms with Gasteiger partial charge in [0.1, 0.15) is 5.82 Å². The number of halogens is 1. The van der Waals surface area contributed by atoms with Crippen LogP contribution in [0.2, 0.25) is 0 Å². The van der Waals surface area contributed by atoms with Gasteiger partial charge in [-0.3, -0.25) is 4.79 Å². The van der Waals surface area contributed by atoms with Crippen molar-refractivity contribution in [3.05, 3.63) is 65.5 Å². The summed E-state index contributed by atoms with van der Waals surface area (Å²) >= 11 is 0. The van der Waals surface area contributed by atoms with Crippen LogP contribution in [-0.2, 0) is 10.0 Å². The molecule has 0 saturated heterocycles. The topological polar surface area (TPSA) is 57.7 Å². The number of carbonyl (C=O) groups is 1. The van der Waals surface area contributed by atoms with Crippen molar-refractivity contribution >= 4 is 15.9 Å². The van der Waals surface area contributed by atoms with E-state index in [0.29, 0.717) is 18.7 Å². The van der Waals surface area contributed by atoms with Gasteiger partial charge < -0.3 is 4.90 Å². The van der Waals surface area contributed by atoms with Crippen molar-refractivity contribution in [2.45, 2.75) is 31.7 Å². The predicted molar refractivity (Wildman–Crippen MR) is 103 cm³/mol. The van der Waals surface area contributed by atoms with E-state index in [0.717, 1.165) is 5.56 Å². The molecule has 2 aromatic carbocycles. The molecule has 0 radical (unpaired) electrons. The second-order valence-electron chi connectivity index (χ2n) is 6.26. The highest BCUT2D eigenvalue weighted by Gasteiger charge is 2.24. The molecule has 1 amide bonds. The molecule has 0 fully saturated rings. The van der Waals surface area contributed by atoms with Gasteiger partial charge in [0, 0.05) is 25.7 Å². The first-order valence-corrected chi connectivity index (χ1v) is 10.3. The number of nitrogens with zero attached hydrogens (tertiary/aromatic N) is 2. The number of sulfonamides is 1. The fourth-order valence-corrected chi connectivity index (χ4v) is 4.35. The molecule has 0 aromatic heterocycles. The van der Waals surface area contributed by atoms with E-state index < -0.39 is 10.0 Å². The summed E-state index contributed by atoms with van der Waals surface area (Å²) < 4.78 is 39.8. The lowest BCUT2D eigenvalue weighted by Crippen LogP contribution is -2.32. The number of carbonyl (C=O) groups excluding carboxylic acids is 1. The second-order valence-corrected chi connectivity index (χ2v) is 8.20. The van der Waals surface area contributed by atoms with Crippen molar-refractivity contribution in [3.63, 3.8) is 0 Å². The van der Waals surface area contributed by atoms with Gasteiger partial charge in [0.2, 0.25) is 10.0 Å². The van der Waals surface area contributed by atoms with Crippen LogP contribution in [0.3, 0.4) is 0 Å². The summed E-state index contributed by atoms with van der Waals surface area (Å²) in [5.41, 5.74) is 1.08. The highest BCUT2D eigenvalue weighted by Crippen LogP contribution is 2.23. The molecule has 146 valence electrons. The summed E-state index contributed by atoms with van der Waals surface area (Å²) in [7, 11) is -2.00. The minimum absolute atomic E-state index is 0.0971. The zero-order chi connectivity index (χ0) is 20.2. The zero-order valence-electron chi connectivity index (χ0n) is 16.0. The summed E-state index contributed by atoms with van der Waals surface area (Å²) in [4.78, 5) is 14.5. The van der Waals surface area contributed by atoms with Crippen LogP contribution in [0.4, 0.5) is 4.39 Å². The van der Waals surface area contributed by atoms with Gasteiger partial charge in [-0.05, 0) is 42.8 Å². The number of hydrogen-bond donors (Lipinski definition) is 0. The highest BCUT2D eigenvalue weighted by atomic mass is 32.2. The Balaban J connectivity index is 2.30. The van der Waals surface area contributed by atoms with Crippen LogP contribution in [0, 0.1) is 5.82 Å². The fourth-order valence-electron chi connectivity index (χ4n) is 2.85. The van der Waals surface area contributed by atoms with Crippen molar-refractivity contribution in [1.29, 1.82) is 0 Å². The Morgan fingerprint density at radius 1 is 1.07 bits per heavy atom. The normalized spacial score (nSPS) is 12.8. The van der Waals surface area contributed by atoms with E-state index in [1.807, 2.05) is 6.92 Å². The Labute approximate surface area is 160 Å². The number of rotatable bonds is 7. The Morgan fingerprint density at radius 3 is 2.22 bits per heavy atom. The Hall–Kier alpha value is -2.25. The first-order valence-electron chi connectivity index (χ1n) is 8.85. The Morgan fingerprint density at radius 2 is 1.67 bits per heavy atom. The van der Waals surface area contributed by atoms with Crippen LogP contribution in [-0.4, -0.2) is 43.7 Å². The summed E-state index contributed by atoms with van der Waals surface area (Å²) in [5.74, 6) is -0.641. The van der Waals surface area contributed by atoms with Gasteiger partial charge in [-0.15, -0.1) is 0 Å². The smallest absolute Gasteiger partial charge is 0.254 e. The molecule has 7 heteroatoms. The van der Waals surface area contributed by atoms with Crippen LogP contribution >= 0.6 is 0 Å². The number of benzene rings is 2. The molecule has 0 spiro atoms. The molecule has 27 heavy (non-hydrogen) atoms. The van der Waals surface area contributed by atoms with Gasteiger partial charge >= 0.3 is 0 Å². The van der Waals surface area contributed by atoms with E-state index in [4.69, 9.17) is 0 Å². The van der Waals surface area contributed by atoms with Crippen molar-refractivity contribution in [3.8, 4) is 0 Å². The molecule has 0 aliphatic heterocycles. The average molecular weight is 392 g/mol. The molecule has 2 rings (SSSR count). The summed E-state index contributed by atoms with van der Waals surface area (Å²) in [6.07, 6.45) is 0. The fraction of sp³-hybridized carbons (Fsp3) is 0.350. The highest BCUT2D eigenvalue weighted by molar-refractivity contribution is 7.89. The molecule has 0 aliphatic rings. The molecule has 0 saturated carbocycles. The van der Waals surface area contributed by atoms with E-state index in [9.17, 15) is 17.6 Å². The molecule has 0 heterocycles. The quantitative estimate of drug-likeness (QED) is 0.722. The summed E-state index contributed by atoms with van der Waals surface area (Å²) in [5, 5.41) is 0. The van der Waals surface area contributed by atoms with E-state index in [-0.39, 0.29) is 22.7 Å². The number of amides is 1. The zero-order valence-corrected chi connectivity index (χ0v) is 16.8. The van der Waals surface area contributed by atoms with Crippen LogP contribution < -0.4 is 0 Å². The first-order chi connectivity index (χ1) is 12.7. The lowest BCUT2D eigenvalue weighted by Gasteiger charge is -2.26. The largest absolute Gasteiger partial charge is 0.335 e. The molecular formula is C20H25FN2O3S. The summed E-state index contributed by atoms with van der Waals surface area (Å²) in [6, 6.07) is 11.7. The van der Waals surface area contributed by atoms with Gasteiger partial charge in [0.15, 0.2) is 0 Å². The van der Waals surface area contributed by atoms with Crippen LogP contribution in [0.1, 0.15) is 42.7 Å². The molecule has 5 nitrogen and oxygen atoms in total. The lowest BCUT2D eigenvalue weighted by atomic mass is 10.1. The Kier molecular flexibility index (Phi) is 6.73. The standard InChI is InChI=1S/C20H25FN2O3S/c1-5-23(6-2)27(25,26)19-9-7-8-17(14-19)20(24)22(4)15(3)16-10-12-18(21)13-11-16/h7-15H,5-6H2,1-4H3. The Bertz CT molecular complexity index is 894. The maximum atomic E-state index is 13.1. The van der Waals surface area contributed by atoms with Crippen LogP contribution in [0.15, 0.2) is 53.4 Å². The van der Waals surface area contributed by atoms with Crippen molar-refractivity contribution in [1.82, 2.24) is 9.21 Å². The van der Waals surface area contributed by atoms with Gasteiger partial charge in [-0.1, -0.05) is 32.0 Å².